The molecular formula is C19H18F2N2O5. The number of alkyl halides is 2. The molecule has 9 heteroatoms. The van der Waals surface area contributed by atoms with Crippen LogP contribution in [-0.2, 0) is 14.3 Å². The van der Waals surface area contributed by atoms with Crippen LogP contribution in [0, 0.1) is 0 Å². The number of amides is 1. The van der Waals surface area contributed by atoms with Crippen molar-refractivity contribution in [2.45, 2.75) is 18.4 Å². The van der Waals surface area contributed by atoms with Crippen molar-refractivity contribution in [3.63, 3.8) is 0 Å². The van der Waals surface area contributed by atoms with E-state index in [0.717, 1.165) is 23.1 Å². The van der Waals surface area contributed by atoms with Gasteiger partial charge in [0.05, 0.1) is 13.7 Å². The molecule has 3 rings (SSSR count). The highest BCUT2D eigenvalue weighted by Crippen LogP contribution is 2.34. The molecule has 1 aromatic carbocycles. The number of pyridine rings is 1. The van der Waals surface area contributed by atoms with Crippen LogP contribution in [0.1, 0.15) is 16.8 Å². The number of hydrogen-bond donors (Lipinski definition) is 1. The van der Waals surface area contributed by atoms with Crippen LogP contribution in [0.4, 0.5) is 8.78 Å². The predicted molar refractivity (Wildman–Crippen MR) is 94.8 cm³/mol. The Balaban J connectivity index is 0.000000878. The highest BCUT2D eigenvalue weighted by molar-refractivity contribution is 5.98. The van der Waals surface area contributed by atoms with Crippen LogP contribution in [0.25, 0.3) is 11.1 Å². The number of benzene rings is 1. The zero-order valence-corrected chi connectivity index (χ0v) is 14.9. The minimum atomic E-state index is -3.12. The second-order valence-corrected chi connectivity index (χ2v) is 5.96. The van der Waals surface area contributed by atoms with E-state index >= 15 is 0 Å². The summed E-state index contributed by atoms with van der Waals surface area (Å²) in [5.41, 5.74) is 1.76. The van der Waals surface area contributed by atoms with Gasteiger partial charge >= 0.3 is 5.97 Å². The van der Waals surface area contributed by atoms with Gasteiger partial charge in [0.2, 0.25) is 0 Å². The van der Waals surface area contributed by atoms with Crippen LogP contribution in [0.15, 0.2) is 48.8 Å². The maximum absolute atomic E-state index is 13.8. The van der Waals surface area contributed by atoms with Gasteiger partial charge in [-0.1, -0.05) is 18.2 Å². The summed E-state index contributed by atoms with van der Waals surface area (Å²) in [5.74, 6) is -4.58. The molecule has 1 aromatic heterocycles. The van der Waals surface area contributed by atoms with Gasteiger partial charge in [-0.05, 0) is 23.8 Å². The van der Waals surface area contributed by atoms with E-state index in [0.29, 0.717) is 0 Å². The molecule has 7 nitrogen and oxygen atoms in total. The maximum atomic E-state index is 13.8. The third-order valence-corrected chi connectivity index (χ3v) is 4.11. The van der Waals surface area contributed by atoms with Gasteiger partial charge in [0.15, 0.2) is 0 Å². The minimum Gasteiger partial charge on any atom is -0.483 e. The molecule has 1 saturated heterocycles. The fourth-order valence-corrected chi connectivity index (χ4v) is 2.91. The third kappa shape index (κ3) is 4.87. The van der Waals surface area contributed by atoms with Gasteiger partial charge in [0.25, 0.3) is 18.3 Å². The smallest absolute Gasteiger partial charge is 0.328 e. The van der Waals surface area contributed by atoms with E-state index in [4.69, 9.17) is 9.90 Å². The van der Waals surface area contributed by atoms with E-state index < -0.39 is 36.8 Å². The van der Waals surface area contributed by atoms with Gasteiger partial charge in [-0.15, -0.1) is 0 Å². The van der Waals surface area contributed by atoms with Crippen molar-refractivity contribution in [1.29, 1.82) is 0 Å². The summed E-state index contributed by atoms with van der Waals surface area (Å²) in [6.45, 7) is -1.05. The van der Waals surface area contributed by atoms with Crippen molar-refractivity contribution in [1.82, 2.24) is 9.88 Å². The number of carbonyl (C=O) groups is 3. The van der Waals surface area contributed by atoms with Crippen molar-refractivity contribution in [3.8, 4) is 11.1 Å². The number of esters is 1. The zero-order chi connectivity index (χ0) is 20.7. The number of carboxylic acid groups (broad SMARTS) is 1. The van der Waals surface area contributed by atoms with Gasteiger partial charge in [-0.2, -0.15) is 0 Å². The highest BCUT2D eigenvalue weighted by Gasteiger charge is 2.50. The van der Waals surface area contributed by atoms with Crippen molar-refractivity contribution in [2.24, 2.45) is 0 Å². The monoisotopic (exact) mass is 392 g/mol. The number of ether oxygens (including phenoxy) is 1. The lowest BCUT2D eigenvalue weighted by atomic mass is 10.0. The second-order valence-electron chi connectivity index (χ2n) is 5.96. The van der Waals surface area contributed by atoms with E-state index in [1.54, 1.807) is 36.7 Å². The van der Waals surface area contributed by atoms with E-state index in [2.05, 4.69) is 9.72 Å². The maximum Gasteiger partial charge on any atom is 0.328 e. The van der Waals surface area contributed by atoms with E-state index in [1.165, 1.54) is 6.07 Å². The van der Waals surface area contributed by atoms with Crippen LogP contribution in [0.2, 0.25) is 0 Å². The Morgan fingerprint density at radius 3 is 2.57 bits per heavy atom. The first-order valence-electron chi connectivity index (χ1n) is 8.18. The lowest BCUT2D eigenvalue weighted by molar-refractivity contribution is -0.145. The number of carbonyl (C=O) groups excluding carboxylic acids is 2. The van der Waals surface area contributed by atoms with Crippen molar-refractivity contribution >= 4 is 18.3 Å². The summed E-state index contributed by atoms with van der Waals surface area (Å²) in [6.07, 6.45) is 2.55. The Morgan fingerprint density at radius 1 is 1.29 bits per heavy atom. The van der Waals surface area contributed by atoms with Crippen LogP contribution in [0.3, 0.4) is 0 Å². The average Bonchev–Trinajstić information content (AvgIpc) is 3.03. The van der Waals surface area contributed by atoms with Crippen LogP contribution in [0.5, 0.6) is 0 Å². The van der Waals surface area contributed by atoms with E-state index in [9.17, 15) is 18.4 Å². The molecular weight excluding hydrogens is 374 g/mol. The molecule has 1 N–H and O–H groups in total. The highest BCUT2D eigenvalue weighted by atomic mass is 19.3. The molecule has 0 unspecified atom stereocenters. The van der Waals surface area contributed by atoms with Gasteiger partial charge in [-0.25, -0.2) is 13.6 Å². The lowest BCUT2D eigenvalue weighted by Crippen LogP contribution is -2.41. The van der Waals surface area contributed by atoms with Gasteiger partial charge in [-0.3, -0.25) is 14.6 Å². The molecule has 28 heavy (non-hydrogen) atoms. The molecule has 0 radical (unpaired) electrons. The van der Waals surface area contributed by atoms with Crippen LogP contribution >= 0.6 is 0 Å². The largest absolute Gasteiger partial charge is 0.483 e. The molecule has 1 amide bonds. The van der Waals surface area contributed by atoms with Gasteiger partial charge < -0.3 is 14.7 Å². The summed E-state index contributed by atoms with van der Waals surface area (Å²) in [7, 11) is 1.12. The van der Waals surface area contributed by atoms with Crippen LogP contribution in [-0.4, -0.2) is 59.0 Å². The first-order valence-corrected chi connectivity index (χ1v) is 8.18. The first-order chi connectivity index (χ1) is 13.3. The van der Waals surface area contributed by atoms with E-state index in [1.807, 2.05) is 6.07 Å². The Morgan fingerprint density at radius 2 is 1.96 bits per heavy atom. The molecule has 1 fully saturated rings. The SMILES string of the molecule is COC(=O)[C@@H]1CC(F)(F)CN1C(=O)c1cccc(-c2cccnc2)c1.O=CO. The van der Waals surface area contributed by atoms with Crippen molar-refractivity contribution < 1.29 is 33.0 Å². The number of likely N-dealkylation sites (tertiary alicyclic amines) is 1. The topological polar surface area (TPSA) is 96.8 Å². The lowest BCUT2D eigenvalue weighted by Gasteiger charge is -2.22. The Bertz CT molecular complexity index is 845. The summed E-state index contributed by atoms with van der Waals surface area (Å²) < 4.78 is 32.1. The first kappa shape index (κ1) is 20.9. The number of rotatable bonds is 3. The minimum absolute atomic E-state index is 0.230. The summed E-state index contributed by atoms with van der Waals surface area (Å²) >= 11 is 0. The fraction of sp³-hybridized carbons (Fsp3) is 0.263. The number of hydrogen-bond acceptors (Lipinski definition) is 5. The molecule has 2 heterocycles. The summed E-state index contributed by atoms with van der Waals surface area (Å²) in [5, 5.41) is 6.89. The molecule has 0 spiro atoms. The number of nitrogens with zero attached hydrogens (tertiary/aromatic N) is 2. The second kappa shape index (κ2) is 9.03. The van der Waals surface area contributed by atoms with Gasteiger partial charge in [0, 0.05) is 29.9 Å². The van der Waals surface area contributed by atoms with Gasteiger partial charge in [0.1, 0.15) is 6.04 Å². The predicted octanol–water partition coefficient (Wildman–Crippen LogP) is 2.47. The zero-order valence-electron chi connectivity index (χ0n) is 14.9. The average molecular weight is 392 g/mol. The molecule has 1 aliphatic rings. The molecule has 0 bridgehead atoms. The fourth-order valence-electron chi connectivity index (χ4n) is 2.91. The van der Waals surface area contributed by atoms with E-state index in [-0.39, 0.29) is 12.0 Å². The molecule has 0 aliphatic carbocycles. The normalized spacial score (nSPS) is 17.2. The Kier molecular flexibility index (Phi) is 6.75. The quantitative estimate of drug-likeness (QED) is 0.637. The standard InChI is InChI=1S/C18H16F2N2O3.CH2O2/c1-25-17(24)15-9-18(19,20)11-22(15)16(23)13-5-2-4-12(8-13)14-6-3-7-21-10-14;2-1-3/h2-8,10,15H,9,11H2,1H3;1H,(H,2,3)/t15-;/m0./s1. The third-order valence-electron chi connectivity index (χ3n) is 4.11. The Labute approximate surface area is 159 Å². The molecule has 0 saturated carbocycles. The van der Waals surface area contributed by atoms with Crippen LogP contribution < -0.4 is 0 Å². The number of aromatic nitrogens is 1. The number of halogens is 2. The molecule has 1 aliphatic heterocycles. The molecule has 148 valence electrons. The Hall–Kier alpha value is -3.36. The summed E-state index contributed by atoms with van der Waals surface area (Å²) in [6, 6.07) is 8.91. The summed E-state index contributed by atoms with van der Waals surface area (Å²) in [4.78, 5) is 37.8. The molecule has 2 aromatic rings. The molecule has 1 atom stereocenters. The van der Waals surface area contributed by atoms with Crippen molar-refractivity contribution in [2.75, 3.05) is 13.7 Å². The number of methoxy groups -OCH3 is 1. The van der Waals surface area contributed by atoms with Crippen molar-refractivity contribution in [3.05, 3.63) is 54.4 Å².